The van der Waals surface area contributed by atoms with Crippen molar-refractivity contribution in [3.8, 4) is 22.6 Å². The van der Waals surface area contributed by atoms with Crippen LogP contribution in [0.25, 0.3) is 21.9 Å². The summed E-state index contributed by atoms with van der Waals surface area (Å²) in [6.45, 7) is 7.01. The Morgan fingerprint density at radius 1 is 1.03 bits per heavy atom. The maximum absolute atomic E-state index is 12.6. The van der Waals surface area contributed by atoms with E-state index in [0.717, 1.165) is 39.1 Å². The maximum Gasteiger partial charge on any atom is 0.273 e. The van der Waals surface area contributed by atoms with Crippen LogP contribution < -0.4 is 10.1 Å². The molecule has 0 unspecified atom stereocenters. The van der Waals surface area contributed by atoms with E-state index in [1.165, 1.54) is 5.56 Å². The topological polar surface area (TPSA) is 71.5 Å². The van der Waals surface area contributed by atoms with Gasteiger partial charge in [0, 0.05) is 29.7 Å². The van der Waals surface area contributed by atoms with Crippen molar-refractivity contribution in [2.75, 3.05) is 13.2 Å². The van der Waals surface area contributed by atoms with Crippen molar-refractivity contribution in [2.24, 2.45) is 5.41 Å². The number of benzene rings is 3. The number of rotatable bonds is 9. The summed E-state index contributed by atoms with van der Waals surface area (Å²) in [4.78, 5) is 16.8. The van der Waals surface area contributed by atoms with E-state index < -0.39 is 5.91 Å². The first-order valence-electron chi connectivity index (χ1n) is 12.3. The number of nitrogens with one attached hydrogen (secondary N) is 1. The fourth-order valence-electron chi connectivity index (χ4n) is 4.12. The lowest BCUT2D eigenvalue weighted by Crippen LogP contribution is -2.33. The molecule has 0 saturated carbocycles. The third kappa shape index (κ3) is 6.89. The molecule has 0 saturated heterocycles. The van der Waals surface area contributed by atoms with Crippen LogP contribution in [0, 0.1) is 5.41 Å². The summed E-state index contributed by atoms with van der Waals surface area (Å²) in [5.74, 6) is 0.258. The van der Waals surface area contributed by atoms with Gasteiger partial charge in [-0.3, -0.25) is 4.79 Å². The van der Waals surface area contributed by atoms with Gasteiger partial charge >= 0.3 is 0 Å². The van der Waals surface area contributed by atoms with Crippen LogP contribution in [0.3, 0.4) is 0 Å². The van der Waals surface area contributed by atoms with Crippen LogP contribution in [0.1, 0.15) is 36.8 Å². The Labute approximate surface area is 222 Å². The fourth-order valence-corrected chi connectivity index (χ4v) is 4.24. The van der Waals surface area contributed by atoms with E-state index >= 15 is 0 Å². The zero-order valence-electron chi connectivity index (χ0n) is 21.3. The summed E-state index contributed by atoms with van der Waals surface area (Å²) < 4.78 is 5.95. The number of carbonyl (C=O) groups excluding carboxylic acids is 1. The molecule has 0 aliphatic carbocycles. The van der Waals surface area contributed by atoms with Gasteiger partial charge in [0.15, 0.2) is 5.69 Å². The Kier molecular flexibility index (Phi) is 8.14. The average molecular weight is 515 g/mol. The predicted molar refractivity (Wildman–Crippen MR) is 150 cm³/mol. The number of hydrogen-bond donors (Lipinski definition) is 2. The smallest absolute Gasteiger partial charge is 0.273 e. The molecule has 0 atom stereocenters. The highest BCUT2D eigenvalue weighted by Crippen LogP contribution is 2.29. The normalized spacial score (nSPS) is 11.7. The summed E-state index contributed by atoms with van der Waals surface area (Å²) in [5, 5.41) is 16.2. The van der Waals surface area contributed by atoms with Crippen molar-refractivity contribution >= 4 is 28.3 Å². The number of fused-ring (bicyclic) bond motifs is 1. The van der Waals surface area contributed by atoms with Gasteiger partial charge in [0.1, 0.15) is 11.5 Å². The van der Waals surface area contributed by atoms with Gasteiger partial charge < -0.3 is 15.2 Å². The molecule has 6 heteroatoms. The highest BCUT2D eigenvalue weighted by atomic mass is 35.5. The molecule has 0 fully saturated rings. The second-order valence-corrected chi connectivity index (χ2v) is 10.1. The highest BCUT2D eigenvalue weighted by molar-refractivity contribution is 6.30. The standard InChI is InChI=1S/C31H31ClN2O3/c1-4-14-31(2,3)20-34-30(36)29-28(35)18-25(19-33-29)23-7-8-24-17-27(12-9-22(24)16-23)37-15-13-21-5-10-26(32)11-6-21/h4-12,14,16-19,35H,13,15,20H2,1-3H3,(H,34,36)/b14-4-. The number of allylic oxidation sites excluding steroid dienone is 1. The summed E-state index contributed by atoms with van der Waals surface area (Å²) >= 11 is 5.94. The number of amides is 1. The minimum Gasteiger partial charge on any atom is -0.505 e. The van der Waals surface area contributed by atoms with Gasteiger partial charge in [-0.15, -0.1) is 0 Å². The Hall–Kier alpha value is -3.83. The number of aromatic hydroxyl groups is 1. The molecular formula is C31H31ClN2O3. The Balaban J connectivity index is 1.42. The highest BCUT2D eigenvalue weighted by Gasteiger charge is 2.19. The maximum atomic E-state index is 12.6. The van der Waals surface area contributed by atoms with E-state index in [1.807, 2.05) is 93.6 Å². The van der Waals surface area contributed by atoms with Gasteiger partial charge in [-0.25, -0.2) is 4.98 Å². The minimum absolute atomic E-state index is 0.0150. The first kappa shape index (κ1) is 26.2. The molecule has 1 heterocycles. The minimum atomic E-state index is -0.399. The molecule has 1 amide bonds. The molecule has 3 aromatic carbocycles. The molecule has 0 spiro atoms. The monoisotopic (exact) mass is 514 g/mol. The quantitative estimate of drug-likeness (QED) is 0.231. The average Bonchev–Trinajstić information content (AvgIpc) is 2.88. The third-order valence-electron chi connectivity index (χ3n) is 6.12. The number of halogens is 1. The number of nitrogens with zero attached hydrogens (tertiary/aromatic N) is 1. The molecule has 5 nitrogen and oxygen atoms in total. The number of ether oxygens (including phenoxy) is 1. The summed E-state index contributed by atoms with van der Waals surface area (Å²) in [6.07, 6.45) is 6.39. The number of carbonyl (C=O) groups is 1. The lowest BCUT2D eigenvalue weighted by molar-refractivity contribution is 0.0935. The second-order valence-electron chi connectivity index (χ2n) is 9.71. The SMILES string of the molecule is C/C=C\C(C)(C)CNC(=O)c1ncc(-c2ccc3cc(OCCc4ccc(Cl)cc4)ccc3c2)cc1O. The zero-order valence-corrected chi connectivity index (χ0v) is 22.0. The first-order valence-corrected chi connectivity index (χ1v) is 12.6. The Morgan fingerprint density at radius 2 is 1.76 bits per heavy atom. The van der Waals surface area contributed by atoms with Crippen molar-refractivity contribution in [1.29, 1.82) is 0 Å². The lowest BCUT2D eigenvalue weighted by Gasteiger charge is -2.20. The third-order valence-corrected chi connectivity index (χ3v) is 6.37. The largest absolute Gasteiger partial charge is 0.505 e. The van der Waals surface area contributed by atoms with Crippen molar-refractivity contribution in [3.05, 3.63) is 101 Å². The van der Waals surface area contributed by atoms with Crippen molar-refractivity contribution < 1.29 is 14.6 Å². The van der Waals surface area contributed by atoms with Gasteiger partial charge in [-0.05, 0) is 70.6 Å². The number of pyridine rings is 1. The predicted octanol–water partition coefficient (Wildman–Crippen LogP) is 7.21. The Morgan fingerprint density at radius 3 is 2.49 bits per heavy atom. The van der Waals surface area contributed by atoms with E-state index in [0.29, 0.717) is 13.2 Å². The molecule has 190 valence electrons. The van der Waals surface area contributed by atoms with Crippen LogP contribution in [0.2, 0.25) is 5.02 Å². The van der Waals surface area contributed by atoms with E-state index in [2.05, 4.69) is 10.3 Å². The van der Waals surface area contributed by atoms with Crippen LogP contribution in [0.4, 0.5) is 0 Å². The van der Waals surface area contributed by atoms with Crippen LogP contribution in [0.5, 0.6) is 11.5 Å². The van der Waals surface area contributed by atoms with Gasteiger partial charge in [-0.2, -0.15) is 0 Å². The fraction of sp³-hybridized carbons (Fsp3) is 0.226. The molecular weight excluding hydrogens is 484 g/mol. The van der Waals surface area contributed by atoms with Crippen LogP contribution in [0.15, 0.2) is 85.1 Å². The molecule has 0 radical (unpaired) electrons. The van der Waals surface area contributed by atoms with Crippen molar-refractivity contribution in [3.63, 3.8) is 0 Å². The van der Waals surface area contributed by atoms with E-state index in [1.54, 1.807) is 12.3 Å². The summed E-state index contributed by atoms with van der Waals surface area (Å²) in [5.41, 5.74) is 2.63. The molecule has 2 N–H and O–H groups in total. The summed E-state index contributed by atoms with van der Waals surface area (Å²) in [6, 6.07) is 21.3. The molecule has 4 rings (SSSR count). The molecule has 0 bridgehead atoms. The lowest BCUT2D eigenvalue weighted by atomic mass is 9.93. The van der Waals surface area contributed by atoms with E-state index in [-0.39, 0.29) is 16.9 Å². The first-order chi connectivity index (χ1) is 17.7. The van der Waals surface area contributed by atoms with Crippen molar-refractivity contribution in [2.45, 2.75) is 27.2 Å². The molecule has 1 aromatic heterocycles. The molecule has 37 heavy (non-hydrogen) atoms. The molecule has 0 aliphatic rings. The summed E-state index contributed by atoms with van der Waals surface area (Å²) in [7, 11) is 0. The van der Waals surface area contributed by atoms with Crippen LogP contribution in [-0.2, 0) is 6.42 Å². The van der Waals surface area contributed by atoms with Crippen molar-refractivity contribution in [1.82, 2.24) is 10.3 Å². The molecule has 0 aliphatic heterocycles. The van der Waals surface area contributed by atoms with Gasteiger partial charge in [-0.1, -0.05) is 67.9 Å². The van der Waals surface area contributed by atoms with Gasteiger partial charge in [0.25, 0.3) is 5.91 Å². The Bertz CT molecular complexity index is 1430. The van der Waals surface area contributed by atoms with E-state index in [9.17, 15) is 9.90 Å². The van der Waals surface area contributed by atoms with Crippen LogP contribution >= 0.6 is 11.6 Å². The number of hydrogen-bond acceptors (Lipinski definition) is 4. The second kappa shape index (κ2) is 11.5. The number of aromatic nitrogens is 1. The zero-order chi connectivity index (χ0) is 26.4. The molecule has 4 aromatic rings. The van der Waals surface area contributed by atoms with Crippen LogP contribution in [-0.4, -0.2) is 29.1 Å². The van der Waals surface area contributed by atoms with Gasteiger partial charge in [0.2, 0.25) is 0 Å². The van der Waals surface area contributed by atoms with E-state index in [4.69, 9.17) is 16.3 Å². The van der Waals surface area contributed by atoms with Gasteiger partial charge in [0.05, 0.1) is 6.61 Å².